The monoisotopic (exact) mass is 889 g/mol. The highest BCUT2D eigenvalue weighted by Gasteiger charge is 2.17. The molecule has 0 spiro atoms. The van der Waals surface area contributed by atoms with Gasteiger partial charge in [-0.15, -0.1) is 0 Å². The number of piperazine rings is 4. The molecule has 2 amide bonds. The Hall–Kier alpha value is -1.86. The van der Waals surface area contributed by atoms with Gasteiger partial charge in [0.05, 0.1) is 39.5 Å². The molecular weight excluding hydrogens is 800 g/mol. The van der Waals surface area contributed by atoms with Crippen LogP contribution in [0, 0.1) is 0 Å². The van der Waals surface area contributed by atoms with E-state index >= 15 is 0 Å². The summed E-state index contributed by atoms with van der Waals surface area (Å²) in [7, 11) is 8.54. The predicted molar refractivity (Wildman–Crippen MR) is 235 cm³/mol. The molecule has 0 unspecified atom stereocenters. The lowest BCUT2D eigenvalue weighted by Gasteiger charge is -2.32. The highest BCUT2D eigenvalue weighted by atomic mass is 18.1. The summed E-state index contributed by atoms with van der Waals surface area (Å²) in [6, 6.07) is 0. The second kappa shape index (κ2) is 41.2. The van der Waals surface area contributed by atoms with Crippen molar-refractivity contribution in [3.05, 3.63) is 0 Å². The van der Waals surface area contributed by atoms with Crippen molar-refractivity contribution in [2.75, 3.05) is 225 Å². The maximum atomic E-state index is 11.4. The third-order valence-electron chi connectivity index (χ3n) is 10.2. The van der Waals surface area contributed by atoms with Crippen LogP contribution >= 0.6 is 0 Å². The van der Waals surface area contributed by atoms with Crippen LogP contribution in [-0.4, -0.2) is 287 Å². The number of nitrogens with two attached hydrogens (primary N) is 4. The third kappa shape index (κ3) is 34.7. The van der Waals surface area contributed by atoms with Crippen molar-refractivity contribution in [3.63, 3.8) is 0 Å². The molecule has 0 aliphatic carbocycles. The first-order valence-corrected chi connectivity index (χ1v) is 20.9. The molecule has 24 nitrogen and oxygen atoms in total. The van der Waals surface area contributed by atoms with Crippen molar-refractivity contribution < 1.29 is 39.9 Å². The Morgan fingerprint density at radius 1 is 0.467 bits per heavy atom. The van der Waals surface area contributed by atoms with Gasteiger partial charge in [0.1, 0.15) is 0 Å². The van der Waals surface area contributed by atoms with Gasteiger partial charge in [-0.25, -0.2) is 23.6 Å². The number of nitrogens with one attached hydrogen (secondary N) is 4. The fourth-order valence-corrected chi connectivity index (χ4v) is 6.16. The summed E-state index contributed by atoms with van der Waals surface area (Å²) in [6.45, 7) is 27.2. The lowest BCUT2D eigenvalue weighted by atomic mass is 10.4. The Balaban J connectivity index is 0. The van der Waals surface area contributed by atoms with Crippen LogP contribution in [0.4, 0.5) is 0 Å². The van der Waals surface area contributed by atoms with Crippen LogP contribution in [0.15, 0.2) is 0 Å². The molecular formula is C36H88N16O8. The lowest BCUT2D eigenvalue weighted by Crippen LogP contribution is -2.48. The second-order valence-corrected chi connectivity index (χ2v) is 15.1. The highest BCUT2D eigenvalue weighted by molar-refractivity contribution is 5.78. The SMILES string of the molecule is CN1CCN([13CH2][13CH2]NCCON)CC1.CN1CC[15N](C[13CH2]NCCON)[13CH2][13CH2]1.CN1CC[15N]([13CH2]C(=O)NCCON)[13CH2][13CH2]1.CN1CC[15N]([13CH2]C(=[18O])NCCON)CC1.O.[18OH2]. The van der Waals surface area contributed by atoms with Gasteiger partial charge in [-0.2, -0.15) is 0 Å². The predicted octanol–water partition coefficient (Wildman–Crippen LogP) is -7.74. The van der Waals surface area contributed by atoms with E-state index in [1.807, 2.05) is 0 Å². The van der Waals surface area contributed by atoms with E-state index in [1.54, 1.807) is 0 Å². The molecule has 4 heterocycles. The van der Waals surface area contributed by atoms with Crippen molar-refractivity contribution in [2.24, 2.45) is 23.6 Å². The Kier molecular flexibility index (Phi) is 41.3. The number of nitrogens with zero attached hydrogens (tertiary/aromatic N) is 8. The van der Waals surface area contributed by atoms with Crippen molar-refractivity contribution in [2.45, 2.75) is 0 Å². The number of likely N-dealkylation sites (N-methyl/N-ethyl adjacent to an activating group) is 4. The number of amides is 2. The van der Waals surface area contributed by atoms with Crippen molar-refractivity contribution in [3.8, 4) is 0 Å². The lowest BCUT2D eigenvalue weighted by molar-refractivity contribution is -0.123. The summed E-state index contributed by atoms with van der Waals surface area (Å²) in [6.07, 6.45) is 0. The maximum absolute atomic E-state index is 11.4. The topological polar surface area (TPSA) is 312 Å². The van der Waals surface area contributed by atoms with E-state index in [-0.39, 0.29) is 22.8 Å². The molecule has 24 heteroatoms. The molecule has 360 valence electrons. The van der Waals surface area contributed by atoms with Crippen molar-refractivity contribution in [1.82, 2.24) is 60.5 Å². The molecule has 60 heavy (non-hydrogen) atoms. The van der Waals surface area contributed by atoms with Gasteiger partial charge in [-0.1, -0.05) is 0 Å². The van der Waals surface area contributed by atoms with E-state index in [1.165, 1.54) is 52.4 Å². The number of carbonyl (C=O) groups excluding carboxylic acids is 2. The van der Waals surface area contributed by atoms with Crippen LogP contribution in [0.2, 0.25) is 0 Å². The third-order valence-corrected chi connectivity index (χ3v) is 10.2. The van der Waals surface area contributed by atoms with Crippen molar-refractivity contribution >= 4 is 11.8 Å². The molecule has 0 aromatic heterocycles. The van der Waals surface area contributed by atoms with Crippen LogP contribution in [0.25, 0.3) is 0 Å². The molecule has 0 radical (unpaired) electrons. The maximum Gasteiger partial charge on any atom is 0.234 e. The van der Waals surface area contributed by atoms with E-state index < -0.39 is 0 Å². The van der Waals surface area contributed by atoms with Gasteiger partial charge in [0.2, 0.25) is 11.8 Å². The largest absolute Gasteiger partial charge is 0.412 e. The summed E-state index contributed by atoms with van der Waals surface area (Å²) in [5.41, 5.74) is 0. The van der Waals surface area contributed by atoms with Crippen LogP contribution in [0.5, 0.6) is 0 Å². The summed E-state index contributed by atoms with van der Waals surface area (Å²) in [5.74, 6) is 19.6. The molecule has 0 saturated carbocycles. The number of hydrogen-bond acceptors (Lipinski definition) is 20. The number of hydrogen-bond donors (Lipinski definition) is 8. The van der Waals surface area contributed by atoms with Gasteiger partial charge in [-0.3, -0.25) is 29.2 Å². The molecule has 4 saturated heterocycles. The molecule has 0 bridgehead atoms. The number of carbonyl (C=O) groups is 2. The normalized spacial score (nSPS) is 18.9. The molecule has 0 atom stereocenters. The first-order valence-electron chi connectivity index (χ1n) is 20.9. The minimum Gasteiger partial charge on any atom is -0.412 e. The molecule has 4 aliphatic rings. The quantitative estimate of drug-likeness (QED) is 0.0165. The zero-order valence-corrected chi connectivity index (χ0v) is 37.5. The van der Waals surface area contributed by atoms with Crippen LogP contribution < -0.4 is 44.9 Å². The van der Waals surface area contributed by atoms with Crippen LogP contribution in [0.3, 0.4) is 0 Å². The second-order valence-electron chi connectivity index (χ2n) is 15.1. The average Bonchev–Trinajstić information content (AvgIpc) is 3.22. The summed E-state index contributed by atoms with van der Waals surface area (Å²) < 4.78 is 0. The summed E-state index contributed by atoms with van der Waals surface area (Å²) in [4.78, 5) is 59.0. The van der Waals surface area contributed by atoms with Gasteiger partial charge in [0.15, 0.2) is 0 Å². The fourth-order valence-electron chi connectivity index (χ4n) is 6.16. The van der Waals surface area contributed by atoms with E-state index in [4.69, 9.17) is 23.6 Å². The average molecular weight is 889 g/mol. The summed E-state index contributed by atoms with van der Waals surface area (Å²) in [5, 5.41) is 12.1. The van der Waals surface area contributed by atoms with Crippen molar-refractivity contribution in [1.29, 1.82) is 0 Å². The molecule has 4 rings (SSSR count). The molecule has 16 N–H and O–H groups in total. The first kappa shape index (κ1) is 60.2. The van der Waals surface area contributed by atoms with E-state index in [9.17, 15) is 9.59 Å². The van der Waals surface area contributed by atoms with E-state index in [0.717, 1.165) is 91.6 Å². The zero-order valence-electron chi connectivity index (χ0n) is 37.5. The van der Waals surface area contributed by atoms with Gasteiger partial charge in [0, 0.05) is 157 Å². The Morgan fingerprint density at radius 2 is 0.767 bits per heavy atom. The fraction of sp³-hybridized carbons (Fsp3) is 0.944. The molecule has 0 aromatic carbocycles. The highest BCUT2D eigenvalue weighted by Crippen LogP contribution is 2.00. The van der Waals surface area contributed by atoms with Gasteiger partial charge in [0.25, 0.3) is 0 Å². The van der Waals surface area contributed by atoms with Gasteiger partial charge >= 0.3 is 0 Å². The van der Waals surface area contributed by atoms with Crippen LogP contribution in [-0.2, 0) is 28.9 Å². The Bertz CT molecular complexity index is 885. The van der Waals surface area contributed by atoms with Gasteiger partial charge < -0.3 is 71.2 Å². The zero-order chi connectivity index (χ0) is 42.6. The Morgan fingerprint density at radius 3 is 1.12 bits per heavy atom. The molecule has 0 aromatic rings. The molecule has 4 aliphatic heterocycles. The van der Waals surface area contributed by atoms with E-state index in [0.29, 0.717) is 52.6 Å². The standard InChI is InChI=1S/2C9H20N4O2.2C9H22N4O.2H2O/c2*1-12-3-5-13(6-4-12)8-9(14)11-2-7-15-10;2*1-12-5-7-13(8-6-12)4-2-11-3-9-14-10;;/h2*2-8,10H2,1H3,(H,11,14);2*11H,2-10H2,1H3;2*1H2/i3+1,5+1,8+1,13+1;8+1,13+1,14+2;2+1,5+1,7+1,13+1;2+1,4+1;1+2;. The first-order chi connectivity index (χ1) is 28.1. The van der Waals surface area contributed by atoms with Crippen LogP contribution in [0.1, 0.15) is 0 Å². The minimum atomic E-state index is 0. The number of rotatable bonds is 22. The smallest absolute Gasteiger partial charge is 0.234 e. The van der Waals surface area contributed by atoms with Gasteiger partial charge in [-0.05, 0) is 28.2 Å². The molecule has 4 fully saturated rings. The summed E-state index contributed by atoms with van der Waals surface area (Å²) >= 11 is 0. The van der Waals surface area contributed by atoms with E-state index in [2.05, 4.69) is 108 Å². The Labute approximate surface area is 360 Å². The minimum absolute atomic E-state index is 0.